The first-order valence-electron chi connectivity index (χ1n) is 6.00. The fourth-order valence-corrected chi connectivity index (χ4v) is 2.35. The Bertz CT molecular complexity index is 319. The van der Waals surface area contributed by atoms with E-state index in [9.17, 15) is 0 Å². The summed E-state index contributed by atoms with van der Waals surface area (Å²) in [6, 6.07) is 4.74. The molecule has 0 saturated carbocycles. The standard InChI is InChI=1S/C13H21NO2/c1-10(12-5-4-7-15-12)14-11-6-8-16-13(2,3)9-11/h4-5,7,10-11,14H,6,8-9H2,1-3H3/t10-,11?/m0/s1. The number of furan rings is 1. The van der Waals surface area contributed by atoms with Gasteiger partial charge in [0.2, 0.25) is 0 Å². The Balaban J connectivity index is 1.90. The Morgan fingerprint density at radius 3 is 2.94 bits per heavy atom. The van der Waals surface area contributed by atoms with Gasteiger partial charge >= 0.3 is 0 Å². The van der Waals surface area contributed by atoms with Gasteiger partial charge in [0.1, 0.15) is 5.76 Å². The molecule has 2 rings (SSSR count). The van der Waals surface area contributed by atoms with E-state index in [1.54, 1.807) is 6.26 Å². The van der Waals surface area contributed by atoms with Gasteiger partial charge in [-0.15, -0.1) is 0 Å². The minimum Gasteiger partial charge on any atom is -0.468 e. The number of hydrogen-bond acceptors (Lipinski definition) is 3. The van der Waals surface area contributed by atoms with E-state index in [-0.39, 0.29) is 11.6 Å². The summed E-state index contributed by atoms with van der Waals surface area (Å²) >= 11 is 0. The van der Waals surface area contributed by atoms with Crippen LogP contribution in [0.15, 0.2) is 22.8 Å². The van der Waals surface area contributed by atoms with Crippen LogP contribution in [0.4, 0.5) is 0 Å². The van der Waals surface area contributed by atoms with Gasteiger partial charge in [-0.05, 0) is 45.7 Å². The van der Waals surface area contributed by atoms with E-state index in [0.29, 0.717) is 6.04 Å². The maximum absolute atomic E-state index is 5.70. The summed E-state index contributed by atoms with van der Waals surface area (Å²) in [6.45, 7) is 7.29. The van der Waals surface area contributed by atoms with Gasteiger partial charge in [0, 0.05) is 12.6 Å². The van der Waals surface area contributed by atoms with Crippen molar-refractivity contribution in [3.8, 4) is 0 Å². The van der Waals surface area contributed by atoms with Crippen LogP contribution in [0.1, 0.15) is 45.4 Å². The molecule has 0 aromatic carbocycles. The molecule has 0 spiro atoms. The first kappa shape index (κ1) is 11.7. The lowest BCUT2D eigenvalue weighted by atomic mass is 9.93. The average Bonchev–Trinajstić information content (AvgIpc) is 2.68. The molecule has 2 atom stereocenters. The summed E-state index contributed by atoms with van der Waals surface area (Å²) in [5, 5.41) is 3.60. The van der Waals surface area contributed by atoms with Gasteiger partial charge in [-0.1, -0.05) is 0 Å². The number of hydrogen-bond donors (Lipinski definition) is 1. The molecule has 1 aliphatic rings. The van der Waals surface area contributed by atoms with Crippen LogP contribution in [0.3, 0.4) is 0 Å². The molecular formula is C13H21NO2. The highest BCUT2D eigenvalue weighted by molar-refractivity contribution is 5.03. The second-order valence-corrected chi connectivity index (χ2v) is 5.20. The molecule has 0 radical (unpaired) electrons. The Morgan fingerprint density at radius 2 is 2.31 bits per heavy atom. The first-order chi connectivity index (χ1) is 7.57. The van der Waals surface area contributed by atoms with Crippen molar-refractivity contribution in [3.05, 3.63) is 24.2 Å². The van der Waals surface area contributed by atoms with Gasteiger partial charge in [0.15, 0.2) is 0 Å². The molecule has 1 aromatic heterocycles. The van der Waals surface area contributed by atoms with Gasteiger partial charge in [-0.2, -0.15) is 0 Å². The normalized spacial score (nSPS) is 26.6. The molecule has 1 unspecified atom stereocenters. The maximum Gasteiger partial charge on any atom is 0.120 e. The van der Waals surface area contributed by atoms with Crippen molar-refractivity contribution in [2.24, 2.45) is 0 Å². The molecule has 2 heterocycles. The van der Waals surface area contributed by atoms with E-state index in [4.69, 9.17) is 9.15 Å². The van der Waals surface area contributed by atoms with E-state index >= 15 is 0 Å². The summed E-state index contributed by atoms with van der Waals surface area (Å²) in [4.78, 5) is 0. The molecule has 16 heavy (non-hydrogen) atoms. The second kappa shape index (κ2) is 4.60. The second-order valence-electron chi connectivity index (χ2n) is 5.20. The lowest BCUT2D eigenvalue weighted by Crippen LogP contribution is -2.44. The summed E-state index contributed by atoms with van der Waals surface area (Å²) in [5.41, 5.74) is -0.00119. The summed E-state index contributed by atoms with van der Waals surface area (Å²) in [5.74, 6) is 1.00. The molecule has 1 saturated heterocycles. The molecule has 1 fully saturated rings. The quantitative estimate of drug-likeness (QED) is 0.855. The number of ether oxygens (including phenoxy) is 1. The van der Waals surface area contributed by atoms with Crippen molar-refractivity contribution >= 4 is 0 Å². The van der Waals surface area contributed by atoms with Crippen molar-refractivity contribution in [1.82, 2.24) is 5.32 Å². The van der Waals surface area contributed by atoms with E-state index in [1.807, 2.05) is 12.1 Å². The Hall–Kier alpha value is -0.800. The van der Waals surface area contributed by atoms with Crippen molar-refractivity contribution < 1.29 is 9.15 Å². The molecule has 90 valence electrons. The Kier molecular flexibility index (Phi) is 3.36. The van der Waals surface area contributed by atoms with Crippen molar-refractivity contribution in [2.75, 3.05) is 6.61 Å². The van der Waals surface area contributed by atoms with Crippen LogP contribution in [-0.2, 0) is 4.74 Å². The van der Waals surface area contributed by atoms with Crippen LogP contribution in [-0.4, -0.2) is 18.2 Å². The summed E-state index contributed by atoms with van der Waals surface area (Å²) in [6.07, 6.45) is 3.86. The Morgan fingerprint density at radius 1 is 1.50 bits per heavy atom. The third-order valence-corrected chi connectivity index (χ3v) is 3.15. The number of rotatable bonds is 3. The zero-order valence-electron chi connectivity index (χ0n) is 10.3. The summed E-state index contributed by atoms with van der Waals surface area (Å²) < 4.78 is 11.1. The highest BCUT2D eigenvalue weighted by Crippen LogP contribution is 2.25. The third kappa shape index (κ3) is 2.86. The fourth-order valence-electron chi connectivity index (χ4n) is 2.35. The van der Waals surface area contributed by atoms with E-state index in [2.05, 4.69) is 26.1 Å². The summed E-state index contributed by atoms with van der Waals surface area (Å²) in [7, 11) is 0. The van der Waals surface area contributed by atoms with Crippen LogP contribution in [0.5, 0.6) is 0 Å². The molecule has 1 aliphatic heterocycles. The van der Waals surface area contributed by atoms with Crippen LogP contribution >= 0.6 is 0 Å². The molecular weight excluding hydrogens is 202 g/mol. The molecule has 1 N–H and O–H groups in total. The van der Waals surface area contributed by atoms with Gasteiger partial charge in [-0.25, -0.2) is 0 Å². The molecule has 0 amide bonds. The monoisotopic (exact) mass is 223 g/mol. The molecule has 1 aromatic rings. The van der Waals surface area contributed by atoms with Crippen LogP contribution in [0.25, 0.3) is 0 Å². The average molecular weight is 223 g/mol. The van der Waals surface area contributed by atoms with Gasteiger partial charge in [0.25, 0.3) is 0 Å². The van der Waals surface area contributed by atoms with Crippen molar-refractivity contribution in [3.63, 3.8) is 0 Å². The van der Waals surface area contributed by atoms with Crippen molar-refractivity contribution in [1.29, 1.82) is 0 Å². The topological polar surface area (TPSA) is 34.4 Å². The predicted molar refractivity (Wildman–Crippen MR) is 63.3 cm³/mol. The zero-order valence-corrected chi connectivity index (χ0v) is 10.3. The van der Waals surface area contributed by atoms with Crippen molar-refractivity contribution in [2.45, 2.75) is 51.3 Å². The zero-order chi connectivity index (χ0) is 11.6. The minimum absolute atomic E-state index is 0.00119. The highest BCUT2D eigenvalue weighted by atomic mass is 16.5. The molecule has 3 nitrogen and oxygen atoms in total. The van der Waals surface area contributed by atoms with Gasteiger partial charge < -0.3 is 14.5 Å². The predicted octanol–water partition coefficient (Wildman–Crippen LogP) is 2.89. The first-order valence-corrected chi connectivity index (χ1v) is 6.00. The smallest absolute Gasteiger partial charge is 0.120 e. The molecule has 0 aliphatic carbocycles. The third-order valence-electron chi connectivity index (χ3n) is 3.15. The lowest BCUT2D eigenvalue weighted by molar-refractivity contribution is -0.0642. The van der Waals surface area contributed by atoms with Crippen LogP contribution in [0.2, 0.25) is 0 Å². The largest absolute Gasteiger partial charge is 0.468 e. The van der Waals surface area contributed by atoms with E-state index in [0.717, 1.165) is 25.2 Å². The number of nitrogens with one attached hydrogen (secondary N) is 1. The Labute approximate surface area is 97.2 Å². The van der Waals surface area contributed by atoms with E-state index < -0.39 is 0 Å². The van der Waals surface area contributed by atoms with Gasteiger partial charge in [-0.3, -0.25) is 0 Å². The highest BCUT2D eigenvalue weighted by Gasteiger charge is 2.29. The van der Waals surface area contributed by atoms with E-state index in [1.165, 1.54) is 0 Å². The maximum atomic E-state index is 5.70. The fraction of sp³-hybridized carbons (Fsp3) is 0.692. The van der Waals surface area contributed by atoms with Gasteiger partial charge in [0.05, 0.1) is 17.9 Å². The van der Waals surface area contributed by atoms with Crippen LogP contribution < -0.4 is 5.32 Å². The minimum atomic E-state index is -0.00119. The lowest BCUT2D eigenvalue weighted by Gasteiger charge is -2.36. The van der Waals surface area contributed by atoms with Crippen LogP contribution in [0, 0.1) is 0 Å². The SMILES string of the molecule is C[C@H](NC1CCOC(C)(C)C1)c1ccco1. The molecule has 0 bridgehead atoms. The molecule has 3 heteroatoms.